The van der Waals surface area contributed by atoms with E-state index in [0.29, 0.717) is 5.16 Å². The van der Waals surface area contributed by atoms with Crippen molar-refractivity contribution in [2.75, 3.05) is 5.75 Å². The van der Waals surface area contributed by atoms with Gasteiger partial charge >= 0.3 is 0 Å². The second-order valence-corrected chi connectivity index (χ2v) is 7.06. The molecule has 23 heavy (non-hydrogen) atoms. The van der Waals surface area contributed by atoms with Crippen LogP contribution in [-0.4, -0.2) is 21.6 Å². The molecule has 0 fully saturated rings. The molecule has 5 nitrogen and oxygen atoms in total. The van der Waals surface area contributed by atoms with Crippen molar-refractivity contribution in [3.8, 4) is 11.3 Å². The van der Waals surface area contributed by atoms with Gasteiger partial charge in [-0.3, -0.25) is 9.59 Å². The van der Waals surface area contributed by atoms with Crippen molar-refractivity contribution in [2.45, 2.75) is 37.3 Å². The number of H-pyrrole nitrogens is 1. The minimum absolute atomic E-state index is 0.0917. The number of amides is 1. The summed E-state index contributed by atoms with van der Waals surface area (Å²) in [7, 11) is 0. The lowest BCUT2D eigenvalue weighted by Gasteiger charge is -2.34. The zero-order valence-corrected chi connectivity index (χ0v) is 14.0. The van der Waals surface area contributed by atoms with E-state index in [0.717, 1.165) is 41.4 Å². The normalized spacial score (nSPS) is 19.0. The fraction of sp³-hybridized carbons (Fsp3) is 0.353. The van der Waals surface area contributed by atoms with Crippen LogP contribution in [0.5, 0.6) is 0 Å². The van der Waals surface area contributed by atoms with Crippen LogP contribution in [0.3, 0.4) is 0 Å². The SMILES string of the molecule is CC[C@@]1(C)Cc2ccccc2-c2nc(SCC(N)=O)[nH]c(=O)c21. The largest absolute Gasteiger partial charge is 0.369 e. The van der Waals surface area contributed by atoms with E-state index in [1.165, 1.54) is 5.56 Å². The van der Waals surface area contributed by atoms with Crippen LogP contribution in [0.15, 0.2) is 34.2 Å². The zero-order chi connectivity index (χ0) is 16.6. The number of hydrogen-bond acceptors (Lipinski definition) is 4. The molecular formula is C17H19N3O2S. The lowest BCUT2D eigenvalue weighted by Crippen LogP contribution is -2.36. The fourth-order valence-electron chi connectivity index (χ4n) is 3.13. The second-order valence-electron chi connectivity index (χ2n) is 6.10. The van der Waals surface area contributed by atoms with Gasteiger partial charge in [0.15, 0.2) is 5.16 Å². The van der Waals surface area contributed by atoms with E-state index >= 15 is 0 Å². The van der Waals surface area contributed by atoms with Gasteiger partial charge < -0.3 is 10.7 Å². The van der Waals surface area contributed by atoms with Gasteiger partial charge in [-0.1, -0.05) is 49.9 Å². The predicted molar refractivity (Wildman–Crippen MR) is 91.6 cm³/mol. The average molecular weight is 329 g/mol. The van der Waals surface area contributed by atoms with Crippen molar-refractivity contribution >= 4 is 17.7 Å². The third-order valence-electron chi connectivity index (χ3n) is 4.49. The highest BCUT2D eigenvalue weighted by Gasteiger charge is 2.37. The van der Waals surface area contributed by atoms with Crippen LogP contribution in [0.25, 0.3) is 11.3 Å². The Morgan fingerprint density at radius 1 is 1.43 bits per heavy atom. The highest BCUT2D eigenvalue weighted by molar-refractivity contribution is 7.99. The summed E-state index contributed by atoms with van der Waals surface area (Å²) in [6.07, 6.45) is 1.68. The Bertz CT molecular complexity index is 831. The molecule has 1 aromatic heterocycles. The molecule has 1 atom stereocenters. The first-order valence-electron chi connectivity index (χ1n) is 7.59. The molecule has 3 rings (SSSR count). The van der Waals surface area contributed by atoms with E-state index < -0.39 is 5.91 Å². The first kappa shape index (κ1) is 15.8. The number of aromatic amines is 1. The highest BCUT2D eigenvalue weighted by Crippen LogP contribution is 2.42. The summed E-state index contributed by atoms with van der Waals surface area (Å²) < 4.78 is 0. The molecule has 0 aliphatic heterocycles. The van der Waals surface area contributed by atoms with Crippen molar-refractivity contribution in [1.82, 2.24) is 9.97 Å². The van der Waals surface area contributed by atoms with Crippen LogP contribution < -0.4 is 11.3 Å². The summed E-state index contributed by atoms with van der Waals surface area (Å²) in [6, 6.07) is 8.05. The van der Waals surface area contributed by atoms with Crippen molar-refractivity contribution in [3.63, 3.8) is 0 Å². The standard InChI is InChI=1S/C17H19N3O2S/c1-3-17(2)8-10-6-4-5-7-11(10)14-13(17)15(22)20-16(19-14)23-9-12(18)21/h4-7H,3,8-9H2,1-2H3,(H2,18,21)(H,19,20,22)/t17-/m0/s1. The topological polar surface area (TPSA) is 88.8 Å². The van der Waals surface area contributed by atoms with Crippen molar-refractivity contribution in [2.24, 2.45) is 5.73 Å². The molecule has 1 amide bonds. The summed E-state index contributed by atoms with van der Waals surface area (Å²) in [4.78, 5) is 31.1. The molecule has 2 aromatic rings. The molecule has 3 N–H and O–H groups in total. The predicted octanol–water partition coefficient (Wildman–Crippen LogP) is 2.24. The molecule has 1 heterocycles. The fourth-order valence-corrected chi connectivity index (χ4v) is 3.73. The number of nitrogens with one attached hydrogen (secondary N) is 1. The molecule has 120 valence electrons. The Kier molecular flexibility index (Phi) is 4.02. The van der Waals surface area contributed by atoms with Gasteiger partial charge in [0.05, 0.1) is 11.4 Å². The van der Waals surface area contributed by atoms with E-state index in [-0.39, 0.29) is 16.7 Å². The molecule has 0 spiro atoms. The molecular weight excluding hydrogens is 310 g/mol. The molecule has 1 aromatic carbocycles. The number of fused-ring (bicyclic) bond motifs is 3. The molecule has 0 radical (unpaired) electrons. The summed E-state index contributed by atoms with van der Waals surface area (Å²) in [5.41, 5.74) is 8.48. The third-order valence-corrected chi connectivity index (χ3v) is 5.38. The van der Waals surface area contributed by atoms with E-state index in [9.17, 15) is 9.59 Å². The van der Waals surface area contributed by atoms with Crippen molar-refractivity contribution < 1.29 is 4.79 Å². The monoisotopic (exact) mass is 329 g/mol. The number of hydrogen-bond donors (Lipinski definition) is 2. The Hall–Kier alpha value is -2.08. The maximum atomic E-state index is 12.7. The zero-order valence-electron chi connectivity index (χ0n) is 13.2. The average Bonchev–Trinajstić information content (AvgIpc) is 2.52. The van der Waals surface area contributed by atoms with Crippen molar-refractivity contribution in [1.29, 1.82) is 0 Å². The van der Waals surface area contributed by atoms with Gasteiger partial charge in [0.1, 0.15) is 0 Å². The Balaban J connectivity index is 2.20. The number of benzene rings is 1. The van der Waals surface area contributed by atoms with Crippen LogP contribution in [0.2, 0.25) is 0 Å². The van der Waals surface area contributed by atoms with Crippen molar-refractivity contribution in [3.05, 3.63) is 45.7 Å². The van der Waals surface area contributed by atoms with Gasteiger partial charge in [0.25, 0.3) is 5.56 Å². The highest BCUT2D eigenvalue weighted by atomic mass is 32.2. The maximum absolute atomic E-state index is 12.7. The minimum Gasteiger partial charge on any atom is -0.369 e. The van der Waals surface area contributed by atoms with Crippen LogP contribution in [0.4, 0.5) is 0 Å². The van der Waals surface area contributed by atoms with Crippen LogP contribution in [0, 0.1) is 0 Å². The van der Waals surface area contributed by atoms with Gasteiger partial charge in [-0.25, -0.2) is 4.98 Å². The molecule has 1 aliphatic rings. The Morgan fingerprint density at radius 2 is 2.17 bits per heavy atom. The number of carbonyl (C=O) groups is 1. The lowest BCUT2D eigenvalue weighted by atomic mass is 9.69. The summed E-state index contributed by atoms with van der Waals surface area (Å²) in [6.45, 7) is 4.20. The van der Waals surface area contributed by atoms with Gasteiger partial charge in [-0.15, -0.1) is 0 Å². The molecule has 0 unspecified atom stereocenters. The van der Waals surface area contributed by atoms with E-state index in [1.807, 2.05) is 18.2 Å². The van der Waals surface area contributed by atoms with E-state index in [1.54, 1.807) is 0 Å². The molecule has 6 heteroatoms. The Labute approximate surface area is 138 Å². The smallest absolute Gasteiger partial charge is 0.255 e. The second kappa shape index (κ2) is 5.85. The number of primary amides is 1. The van der Waals surface area contributed by atoms with Crippen LogP contribution in [-0.2, 0) is 16.6 Å². The van der Waals surface area contributed by atoms with Crippen LogP contribution in [0.1, 0.15) is 31.4 Å². The first-order valence-corrected chi connectivity index (χ1v) is 8.57. The summed E-state index contributed by atoms with van der Waals surface area (Å²) in [5, 5.41) is 0.433. The number of thioether (sulfide) groups is 1. The first-order chi connectivity index (χ1) is 10.9. The van der Waals surface area contributed by atoms with Gasteiger partial charge in [-0.05, 0) is 18.4 Å². The van der Waals surface area contributed by atoms with E-state index in [2.05, 4.69) is 29.9 Å². The van der Waals surface area contributed by atoms with Gasteiger partial charge in [-0.2, -0.15) is 0 Å². The minimum atomic E-state index is -0.436. The summed E-state index contributed by atoms with van der Waals surface area (Å²) in [5.74, 6) is -0.344. The quantitative estimate of drug-likeness (QED) is 0.665. The summed E-state index contributed by atoms with van der Waals surface area (Å²) >= 11 is 1.16. The lowest BCUT2D eigenvalue weighted by molar-refractivity contribution is -0.115. The van der Waals surface area contributed by atoms with Gasteiger partial charge in [0.2, 0.25) is 5.91 Å². The number of nitrogens with two attached hydrogens (primary N) is 1. The molecule has 0 saturated carbocycles. The number of carbonyl (C=O) groups excluding carboxylic acids is 1. The van der Waals surface area contributed by atoms with Crippen LogP contribution >= 0.6 is 11.8 Å². The molecule has 1 aliphatic carbocycles. The number of nitrogens with zero attached hydrogens (tertiary/aromatic N) is 1. The van der Waals surface area contributed by atoms with Gasteiger partial charge in [0, 0.05) is 16.5 Å². The third kappa shape index (κ3) is 2.79. The maximum Gasteiger partial charge on any atom is 0.255 e. The number of aromatic nitrogens is 2. The molecule has 0 bridgehead atoms. The van der Waals surface area contributed by atoms with E-state index in [4.69, 9.17) is 5.73 Å². The number of rotatable bonds is 4. The molecule has 0 saturated heterocycles. The Morgan fingerprint density at radius 3 is 2.87 bits per heavy atom.